The van der Waals surface area contributed by atoms with Crippen LogP contribution in [0.3, 0.4) is 0 Å². The molecule has 1 fully saturated rings. The Morgan fingerprint density at radius 1 is 1.24 bits per heavy atom. The number of hydrogen-bond donors (Lipinski definition) is 3. The van der Waals surface area contributed by atoms with Crippen LogP contribution in [0.25, 0.3) is 0 Å². The summed E-state index contributed by atoms with van der Waals surface area (Å²) in [5.41, 5.74) is 1.39. The number of methoxy groups -OCH3 is 1. The lowest BCUT2D eigenvalue weighted by Gasteiger charge is -2.31. The van der Waals surface area contributed by atoms with Gasteiger partial charge < -0.3 is 25.2 Å². The maximum Gasteiger partial charge on any atom is 0.251 e. The topological polar surface area (TPSA) is 79.8 Å². The summed E-state index contributed by atoms with van der Waals surface area (Å²) >= 11 is 0. The van der Waals surface area contributed by atoms with E-state index < -0.39 is 6.10 Å². The van der Waals surface area contributed by atoms with E-state index in [0.29, 0.717) is 17.7 Å². The number of carbonyl (C=O) groups is 1. The SMILES string of the molecule is COc1ccc(C(=O)N[C@@H]2C[C@H]3Oc4ccccc4N[C@H]3[C@@H]2O)cc1. The molecular formula is C19H20N2O4. The second-order valence-corrected chi connectivity index (χ2v) is 6.36. The molecule has 6 heteroatoms. The highest BCUT2D eigenvalue weighted by atomic mass is 16.5. The van der Waals surface area contributed by atoms with E-state index in [2.05, 4.69) is 10.6 Å². The van der Waals surface area contributed by atoms with Crippen molar-refractivity contribution in [1.82, 2.24) is 5.32 Å². The Hall–Kier alpha value is -2.73. The Labute approximate surface area is 145 Å². The number of hydrogen-bond acceptors (Lipinski definition) is 5. The van der Waals surface area contributed by atoms with Gasteiger partial charge in [-0.3, -0.25) is 4.79 Å². The highest BCUT2D eigenvalue weighted by molar-refractivity contribution is 5.94. The molecule has 2 aromatic carbocycles. The van der Waals surface area contributed by atoms with Gasteiger partial charge in [-0.1, -0.05) is 12.1 Å². The highest BCUT2D eigenvalue weighted by Gasteiger charge is 2.46. The lowest BCUT2D eigenvalue weighted by Crippen LogP contribution is -2.47. The van der Waals surface area contributed by atoms with Crippen molar-refractivity contribution < 1.29 is 19.4 Å². The Morgan fingerprint density at radius 3 is 2.76 bits per heavy atom. The van der Waals surface area contributed by atoms with Crippen LogP contribution >= 0.6 is 0 Å². The molecule has 2 aliphatic rings. The van der Waals surface area contributed by atoms with Crippen molar-refractivity contribution in [3.63, 3.8) is 0 Å². The molecule has 0 radical (unpaired) electrons. The predicted octanol–water partition coefficient (Wildman–Crippen LogP) is 1.80. The fourth-order valence-corrected chi connectivity index (χ4v) is 3.48. The quantitative estimate of drug-likeness (QED) is 0.794. The van der Waals surface area contributed by atoms with E-state index in [1.165, 1.54) is 0 Å². The van der Waals surface area contributed by atoms with Crippen molar-refractivity contribution in [3.05, 3.63) is 54.1 Å². The van der Waals surface area contributed by atoms with E-state index in [1.54, 1.807) is 31.4 Å². The smallest absolute Gasteiger partial charge is 0.251 e. The van der Waals surface area contributed by atoms with Gasteiger partial charge >= 0.3 is 0 Å². The normalized spacial score (nSPS) is 26.6. The van der Waals surface area contributed by atoms with E-state index in [-0.39, 0.29) is 24.1 Å². The molecule has 3 N–H and O–H groups in total. The number of amides is 1. The number of ether oxygens (including phenoxy) is 2. The predicted molar refractivity (Wildman–Crippen MR) is 93.1 cm³/mol. The van der Waals surface area contributed by atoms with Gasteiger partial charge in [0.25, 0.3) is 5.91 Å². The summed E-state index contributed by atoms with van der Waals surface area (Å²) in [6.07, 6.45) is -0.346. The minimum absolute atomic E-state index is 0.175. The van der Waals surface area contributed by atoms with Gasteiger partial charge in [0.15, 0.2) is 0 Å². The Bertz CT molecular complexity index is 777. The molecule has 1 aliphatic heterocycles. The summed E-state index contributed by atoms with van der Waals surface area (Å²) in [6, 6.07) is 13.9. The third-order valence-electron chi connectivity index (χ3n) is 4.82. The molecule has 25 heavy (non-hydrogen) atoms. The Kier molecular flexibility index (Phi) is 3.97. The molecule has 0 unspecified atom stereocenters. The zero-order valence-electron chi connectivity index (χ0n) is 13.8. The van der Waals surface area contributed by atoms with Crippen molar-refractivity contribution in [2.75, 3.05) is 12.4 Å². The molecule has 2 aromatic rings. The molecule has 0 bridgehead atoms. The number of aliphatic hydroxyl groups is 1. The first-order valence-corrected chi connectivity index (χ1v) is 8.31. The summed E-state index contributed by atoms with van der Waals surface area (Å²) in [7, 11) is 1.58. The fraction of sp³-hybridized carbons (Fsp3) is 0.316. The molecule has 1 heterocycles. The van der Waals surface area contributed by atoms with Gasteiger partial charge in [-0.05, 0) is 36.4 Å². The van der Waals surface area contributed by atoms with E-state index in [4.69, 9.17) is 9.47 Å². The fourth-order valence-electron chi connectivity index (χ4n) is 3.48. The van der Waals surface area contributed by atoms with Crippen LogP contribution in [-0.2, 0) is 0 Å². The summed E-state index contributed by atoms with van der Waals surface area (Å²) in [5, 5.41) is 16.9. The van der Waals surface area contributed by atoms with Gasteiger partial charge in [0, 0.05) is 12.0 Å². The molecule has 4 atom stereocenters. The van der Waals surface area contributed by atoms with Gasteiger partial charge in [-0.15, -0.1) is 0 Å². The average Bonchev–Trinajstić information content (AvgIpc) is 2.95. The van der Waals surface area contributed by atoms with Crippen LogP contribution in [0.2, 0.25) is 0 Å². The minimum Gasteiger partial charge on any atom is -0.497 e. The summed E-state index contributed by atoms with van der Waals surface area (Å²) in [6.45, 7) is 0. The van der Waals surface area contributed by atoms with Gasteiger partial charge in [0.1, 0.15) is 17.6 Å². The summed E-state index contributed by atoms with van der Waals surface area (Å²) in [5.74, 6) is 1.25. The molecule has 130 valence electrons. The first-order chi connectivity index (χ1) is 12.2. The van der Waals surface area contributed by atoms with Crippen LogP contribution in [-0.4, -0.2) is 42.4 Å². The third kappa shape index (κ3) is 2.89. The van der Waals surface area contributed by atoms with Crippen molar-refractivity contribution in [2.45, 2.75) is 30.7 Å². The lowest BCUT2D eigenvalue weighted by molar-refractivity contribution is 0.0853. The summed E-state index contributed by atoms with van der Waals surface area (Å²) < 4.78 is 11.1. The van der Waals surface area contributed by atoms with Gasteiger partial charge in [-0.25, -0.2) is 0 Å². The van der Waals surface area contributed by atoms with Gasteiger partial charge in [0.05, 0.1) is 31.0 Å². The molecule has 0 spiro atoms. The van der Waals surface area contributed by atoms with Gasteiger partial charge in [0.2, 0.25) is 0 Å². The maximum atomic E-state index is 12.4. The minimum atomic E-state index is -0.722. The van der Waals surface area contributed by atoms with Crippen molar-refractivity contribution in [3.8, 4) is 11.5 Å². The number of anilines is 1. The van der Waals surface area contributed by atoms with Crippen molar-refractivity contribution >= 4 is 11.6 Å². The van der Waals surface area contributed by atoms with Crippen molar-refractivity contribution in [1.29, 1.82) is 0 Å². The molecule has 0 aromatic heterocycles. The number of carbonyl (C=O) groups excluding carboxylic acids is 1. The molecule has 1 saturated carbocycles. The zero-order valence-corrected chi connectivity index (χ0v) is 13.8. The average molecular weight is 340 g/mol. The molecule has 1 aliphatic carbocycles. The van der Waals surface area contributed by atoms with Crippen molar-refractivity contribution in [2.24, 2.45) is 0 Å². The first kappa shape index (κ1) is 15.8. The first-order valence-electron chi connectivity index (χ1n) is 8.31. The number of benzene rings is 2. The molecule has 4 rings (SSSR count). The Balaban J connectivity index is 1.45. The zero-order chi connectivity index (χ0) is 17.4. The lowest BCUT2D eigenvalue weighted by atomic mass is 10.1. The van der Waals surface area contributed by atoms with Gasteiger partial charge in [-0.2, -0.15) is 0 Å². The summed E-state index contributed by atoms with van der Waals surface area (Å²) in [4.78, 5) is 12.4. The van der Waals surface area contributed by atoms with Crippen LogP contribution < -0.4 is 20.1 Å². The van der Waals surface area contributed by atoms with E-state index in [0.717, 1.165) is 11.4 Å². The second kappa shape index (κ2) is 6.29. The number of fused-ring (bicyclic) bond motifs is 2. The molecule has 1 amide bonds. The maximum absolute atomic E-state index is 12.4. The van der Waals surface area contributed by atoms with E-state index in [9.17, 15) is 9.90 Å². The van der Waals surface area contributed by atoms with E-state index >= 15 is 0 Å². The number of nitrogens with one attached hydrogen (secondary N) is 2. The number of rotatable bonds is 3. The largest absolute Gasteiger partial charge is 0.497 e. The highest BCUT2D eigenvalue weighted by Crippen LogP contribution is 2.37. The van der Waals surface area contributed by atoms with Crippen LogP contribution in [0.4, 0.5) is 5.69 Å². The number of para-hydroxylation sites is 2. The number of aliphatic hydroxyl groups excluding tert-OH is 1. The van der Waals surface area contributed by atoms with Crippen LogP contribution in [0.5, 0.6) is 11.5 Å². The Morgan fingerprint density at radius 2 is 2.00 bits per heavy atom. The second-order valence-electron chi connectivity index (χ2n) is 6.36. The molecule has 0 saturated heterocycles. The molecule has 6 nitrogen and oxygen atoms in total. The standard InChI is InChI=1S/C19H20N2O4/c1-24-12-8-6-11(7-9-12)19(23)21-14-10-16-17(18(14)22)20-13-4-2-3-5-15(13)25-16/h2-9,14,16-18,20,22H,10H2,1H3,(H,21,23)/t14-,16-,17-,18-/m1/s1. The van der Waals surface area contributed by atoms with E-state index in [1.807, 2.05) is 24.3 Å². The third-order valence-corrected chi connectivity index (χ3v) is 4.82. The van der Waals surface area contributed by atoms with Crippen LogP contribution in [0, 0.1) is 0 Å². The monoisotopic (exact) mass is 340 g/mol. The molecular weight excluding hydrogens is 320 g/mol. The van der Waals surface area contributed by atoms with Crippen LogP contribution in [0.1, 0.15) is 16.8 Å². The van der Waals surface area contributed by atoms with Crippen LogP contribution in [0.15, 0.2) is 48.5 Å².